The van der Waals surface area contributed by atoms with Gasteiger partial charge in [-0.1, -0.05) is 24.8 Å². The van der Waals surface area contributed by atoms with Crippen LogP contribution in [0.1, 0.15) is 51.2 Å². The van der Waals surface area contributed by atoms with Gasteiger partial charge in [0.25, 0.3) is 0 Å². The van der Waals surface area contributed by atoms with Crippen molar-refractivity contribution < 1.29 is 31.1 Å². The average molecular weight is 448 g/mol. The molecule has 0 N–H and O–H groups in total. The van der Waals surface area contributed by atoms with Gasteiger partial charge >= 0.3 is 12.3 Å². The molecule has 0 saturated carbocycles. The Morgan fingerprint density at radius 2 is 1.97 bits per heavy atom. The number of amides is 1. The lowest BCUT2D eigenvalue weighted by molar-refractivity contribution is -0.135. The predicted molar refractivity (Wildman–Crippen MR) is 109 cm³/mol. The molecule has 0 unspecified atom stereocenters. The number of sulfone groups is 1. The molecule has 0 aliphatic carbocycles. The van der Waals surface area contributed by atoms with E-state index < -0.39 is 39.4 Å². The number of benzene rings is 1. The SMILES string of the molecule is C=Cc1cc(CCCC(F)(F)F)ccc1S(=O)(=O)[C@H]1CCN(C(=O)OC(C)(C)C)C1. The number of aryl methyl sites for hydroxylation is 1. The standard InChI is InChI=1S/C21H28F3NO4S/c1-5-16-13-15(7-6-11-21(22,23)24)8-9-18(16)30(27,28)17-10-12-25(14-17)19(26)29-20(2,3)4/h5,8-9,13,17H,1,6-7,10-12,14H2,2-4H3/t17-/m0/s1. The molecule has 0 bridgehead atoms. The van der Waals surface area contributed by atoms with Crippen LogP contribution in [0.3, 0.4) is 0 Å². The first-order chi connectivity index (χ1) is 13.7. The van der Waals surface area contributed by atoms with Gasteiger partial charge in [0.05, 0.1) is 10.1 Å². The Bertz CT molecular complexity index is 888. The van der Waals surface area contributed by atoms with Crippen molar-refractivity contribution in [2.45, 2.75) is 68.4 Å². The first-order valence-electron chi connectivity index (χ1n) is 9.77. The summed E-state index contributed by atoms with van der Waals surface area (Å²) in [5.41, 5.74) is 0.302. The van der Waals surface area contributed by atoms with Crippen LogP contribution in [0.4, 0.5) is 18.0 Å². The molecule has 1 amide bonds. The van der Waals surface area contributed by atoms with Gasteiger partial charge in [-0.25, -0.2) is 13.2 Å². The monoisotopic (exact) mass is 447 g/mol. The van der Waals surface area contributed by atoms with Gasteiger partial charge in [0, 0.05) is 19.5 Å². The maximum atomic E-state index is 13.1. The van der Waals surface area contributed by atoms with Gasteiger partial charge in [-0.2, -0.15) is 13.2 Å². The molecule has 1 atom stereocenters. The number of carbonyl (C=O) groups is 1. The van der Waals surface area contributed by atoms with E-state index >= 15 is 0 Å². The smallest absolute Gasteiger partial charge is 0.410 e. The van der Waals surface area contributed by atoms with E-state index in [1.165, 1.54) is 23.1 Å². The fourth-order valence-electron chi connectivity index (χ4n) is 3.32. The van der Waals surface area contributed by atoms with Crippen molar-refractivity contribution in [2.75, 3.05) is 13.1 Å². The summed E-state index contributed by atoms with van der Waals surface area (Å²) in [6, 6.07) is 4.53. The van der Waals surface area contributed by atoms with Crippen LogP contribution in [0.15, 0.2) is 29.7 Å². The van der Waals surface area contributed by atoms with Crippen molar-refractivity contribution in [3.05, 3.63) is 35.9 Å². The molecule has 2 rings (SSSR count). The van der Waals surface area contributed by atoms with Crippen LogP contribution in [0.5, 0.6) is 0 Å². The van der Waals surface area contributed by atoms with E-state index in [0.717, 1.165) is 0 Å². The third-order valence-corrected chi connectivity index (χ3v) is 7.01. The summed E-state index contributed by atoms with van der Waals surface area (Å²) in [6.07, 6.45) is -3.86. The minimum atomic E-state index is -4.22. The molecule has 1 saturated heterocycles. The Hall–Kier alpha value is -2.03. The van der Waals surface area contributed by atoms with Gasteiger partial charge in [0.2, 0.25) is 0 Å². The normalized spacial score (nSPS) is 17.8. The number of hydrogen-bond donors (Lipinski definition) is 0. The molecular formula is C21H28F3NO4S. The summed E-state index contributed by atoms with van der Waals surface area (Å²) >= 11 is 0. The first kappa shape index (κ1) is 24.2. The zero-order valence-corrected chi connectivity index (χ0v) is 18.3. The van der Waals surface area contributed by atoms with Crippen molar-refractivity contribution in [3.63, 3.8) is 0 Å². The fraction of sp³-hybridized carbons (Fsp3) is 0.571. The van der Waals surface area contributed by atoms with Crippen LogP contribution in [-0.4, -0.2) is 49.5 Å². The van der Waals surface area contributed by atoms with Gasteiger partial charge < -0.3 is 9.64 Å². The van der Waals surface area contributed by atoms with Crippen LogP contribution in [0.2, 0.25) is 0 Å². The Labute approximate surface area is 175 Å². The van der Waals surface area contributed by atoms with Crippen LogP contribution >= 0.6 is 0 Å². The number of likely N-dealkylation sites (tertiary alicyclic amines) is 1. The summed E-state index contributed by atoms with van der Waals surface area (Å²) in [7, 11) is -3.75. The van der Waals surface area contributed by atoms with E-state index in [2.05, 4.69) is 6.58 Å². The van der Waals surface area contributed by atoms with Gasteiger partial charge in [0.1, 0.15) is 5.60 Å². The zero-order chi connectivity index (χ0) is 22.7. The second-order valence-corrected chi connectivity index (χ2v) is 10.6. The minimum Gasteiger partial charge on any atom is -0.444 e. The van der Waals surface area contributed by atoms with E-state index in [0.29, 0.717) is 11.1 Å². The van der Waals surface area contributed by atoms with Crippen LogP contribution in [0, 0.1) is 0 Å². The summed E-state index contributed by atoms with van der Waals surface area (Å²) in [5.74, 6) is 0. The largest absolute Gasteiger partial charge is 0.444 e. The maximum absolute atomic E-state index is 13.1. The molecule has 5 nitrogen and oxygen atoms in total. The Morgan fingerprint density at radius 1 is 1.30 bits per heavy atom. The maximum Gasteiger partial charge on any atom is 0.410 e. The van der Waals surface area contributed by atoms with Crippen molar-refractivity contribution >= 4 is 22.0 Å². The number of halogens is 3. The minimum absolute atomic E-state index is 0.0289. The topological polar surface area (TPSA) is 63.7 Å². The summed E-state index contributed by atoms with van der Waals surface area (Å²) in [6.45, 7) is 9.17. The second kappa shape index (κ2) is 8.99. The first-order valence-corrected chi connectivity index (χ1v) is 11.3. The summed E-state index contributed by atoms with van der Waals surface area (Å²) in [4.78, 5) is 13.7. The molecule has 1 heterocycles. The summed E-state index contributed by atoms with van der Waals surface area (Å²) < 4.78 is 68.6. The van der Waals surface area contributed by atoms with Gasteiger partial charge in [-0.3, -0.25) is 0 Å². The number of rotatable bonds is 6. The molecular weight excluding hydrogens is 419 g/mol. The van der Waals surface area contributed by atoms with Gasteiger partial charge in [-0.15, -0.1) is 0 Å². The molecule has 1 fully saturated rings. The lowest BCUT2D eigenvalue weighted by Crippen LogP contribution is -2.36. The predicted octanol–water partition coefficient (Wildman–Crippen LogP) is 5.00. The third-order valence-electron chi connectivity index (χ3n) is 4.76. The highest BCUT2D eigenvalue weighted by Crippen LogP contribution is 2.29. The molecule has 0 radical (unpaired) electrons. The van der Waals surface area contributed by atoms with Crippen LogP contribution < -0.4 is 0 Å². The Balaban J connectivity index is 2.14. The van der Waals surface area contributed by atoms with E-state index in [4.69, 9.17) is 4.74 Å². The van der Waals surface area contributed by atoms with E-state index in [1.54, 1.807) is 26.8 Å². The molecule has 1 aromatic carbocycles. The van der Waals surface area contributed by atoms with E-state index in [1.807, 2.05) is 0 Å². The van der Waals surface area contributed by atoms with E-state index in [-0.39, 0.29) is 37.2 Å². The van der Waals surface area contributed by atoms with Crippen molar-refractivity contribution in [2.24, 2.45) is 0 Å². The summed E-state index contributed by atoms with van der Waals surface area (Å²) in [5, 5.41) is -0.778. The van der Waals surface area contributed by atoms with Crippen LogP contribution in [0.25, 0.3) is 6.08 Å². The van der Waals surface area contributed by atoms with Crippen molar-refractivity contribution in [3.8, 4) is 0 Å². The Kier molecular flexibility index (Phi) is 7.27. The second-order valence-electron chi connectivity index (χ2n) is 8.43. The highest BCUT2D eigenvalue weighted by atomic mass is 32.2. The number of carbonyl (C=O) groups excluding carboxylic acids is 1. The molecule has 0 spiro atoms. The van der Waals surface area contributed by atoms with Crippen LogP contribution in [-0.2, 0) is 21.0 Å². The fourth-order valence-corrected chi connectivity index (χ4v) is 5.20. The molecule has 30 heavy (non-hydrogen) atoms. The Morgan fingerprint density at radius 3 is 2.53 bits per heavy atom. The molecule has 0 aromatic heterocycles. The lowest BCUT2D eigenvalue weighted by atomic mass is 10.1. The lowest BCUT2D eigenvalue weighted by Gasteiger charge is -2.24. The van der Waals surface area contributed by atoms with Crippen molar-refractivity contribution in [1.82, 2.24) is 4.90 Å². The highest BCUT2D eigenvalue weighted by molar-refractivity contribution is 7.92. The number of nitrogens with zero attached hydrogens (tertiary/aromatic N) is 1. The van der Waals surface area contributed by atoms with Crippen molar-refractivity contribution in [1.29, 1.82) is 0 Å². The zero-order valence-electron chi connectivity index (χ0n) is 17.5. The average Bonchev–Trinajstić information content (AvgIpc) is 3.10. The molecule has 9 heteroatoms. The van der Waals surface area contributed by atoms with Gasteiger partial charge in [-0.05, 0) is 57.2 Å². The number of hydrogen-bond acceptors (Lipinski definition) is 4. The number of ether oxygens (including phenoxy) is 1. The molecule has 1 aromatic rings. The molecule has 1 aliphatic heterocycles. The third kappa shape index (κ3) is 6.48. The molecule has 1 aliphatic rings. The quantitative estimate of drug-likeness (QED) is 0.616. The van der Waals surface area contributed by atoms with E-state index in [9.17, 15) is 26.4 Å². The highest BCUT2D eigenvalue weighted by Gasteiger charge is 2.38. The van der Waals surface area contributed by atoms with Gasteiger partial charge in [0.15, 0.2) is 9.84 Å². The molecule has 168 valence electrons. The number of alkyl halides is 3.